The van der Waals surface area contributed by atoms with Gasteiger partial charge in [0.15, 0.2) is 0 Å². The fraction of sp³-hybridized carbons (Fsp3) is 0.318. The van der Waals surface area contributed by atoms with E-state index in [1.807, 2.05) is 57.2 Å². The molecule has 1 aromatic carbocycles. The minimum Gasteiger partial charge on any atom is -0.460 e. The third-order valence-electron chi connectivity index (χ3n) is 4.39. The molecule has 1 amide bonds. The second kappa shape index (κ2) is 7.35. The van der Waals surface area contributed by atoms with E-state index < -0.39 is 11.5 Å². The molecule has 1 unspecified atom stereocenters. The van der Waals surface area contributed by atoms with Gasteiger partial charge in [0.1, 0.15) is 5.60 Å². The number of carbonyl (C=O) groups excluding carboxylic acids is 2. The van der Waals surface area contributed by atoms with Crippen LogP contribution >= 0.6 is 0 Å². The van der Waals surface area contributed by atoms with Gasteiger partial charge in [-0.2, -0.15) is 0 Å². The van der Waals surface area contributed by atoms with Gasteiger partial charge in [0.05, 0.1) is 11.5 Å². The van der Waals surface area contributed by atoms with Crippen LogP contribution in [-0.4, -0.2) is 34.4 Å². The first-order valence-electron chi connectivity index (χ1n) is 8.97. The van der Waals surface area contributed by atoms with Crippen LogP contribution in [0.25, 0.3) is 5.70 Å². The van der Waals surface area contributed by atoms with Crippen molar-refractivity contribution >= 4 is 17.6 Å². The Morgan fingerprint density at radius 3 is 2.56 bits per heavy atom. The number of carbonyl (C=O) groups is 2. The Balaban J connectivity index is 2.11. The lowest BCUT2D eigenvalue weighted by molar-refractivity contribution is -0.158. The Bertz CT molecular complexity index is 882. The van der Waals surface area contributed by atoms with Gasteiger partial charge in [-0.3, -0.25) is 14.6 Å². The second-order valence-electron chi connectivity index (χ2n) is 7.66. The summed E-state index contributed by atoms with van der Waals surface area (Å²) >= 11 is 0. The van der Waals surface area contributed by atoms with Gasteiger partial charge < -0.3 is 9.64 Å². The highest BCUT2D eigenvalue weighted by atomic mass is 16.6. The number of hydrogen-bond donors (Lipinski definition) is 0. The van der Waals surface area contributed by atoms with E-state index in [4.69, 9.17) is 4.74 Å². The number of rotatable bonds is 2. The number of esters is 1. The van der Waals surface area contributed by atoms with Crippen molar-refractivity contribution in [3.8, 4) is 0 Å². The molecule has 140 valence electrons. The Hall–Kier alpha value is -2.95. The summed E-state index contributed by atoms with van der Waals surface area (Å²) in [6, 6.07) is 11.4. The molecule has 0 spiro atoms. The van der Waals surface area contributed by atoms with E-state index in [-0.39, 0.29) is 11.9 Å². The van der Waals surface area contributed by atoms with Crippen LogP contribution in [0.3, 0.4) is 0 Å². The van der Waals surface area contributed by atoms with Crippen LogP contribution in [-0.2, 0) is 16.0 Å². The van der Waals surface area contributed by atoms with Crippen LogP contribution in [0.2, 0.25) is 0 Å². The zero-order chi connectivity index (χ0) is 19.6. The van der Waals surface area contributed by atoms with Gasteiger partial charge in [0.25, 0.3) is 5.91 Å². The molecule has 5 heteroatoms. The van der Waals surface area contributed by atoms with E-state index in [0.29, 0.717) is 17.7 Å². The first-order valence-corrected chi connectivity index (χ1v) is 8.97. The van der Waals surface area contributed by atoms with E-state index in [2.05, 4.69) is 4.98 Å². The Morgan fingerprint density at radius 1 is 1.19 bits per heavy atom. The number of pyridine rings is 1. The molecule has 0 saturated heterocycles. The smallest absolute Gasteiger partial charge is 0.313 e. The summed E-state index contributed by atoms with van der Waals surface area (Å²) in [5, 5.41) is 0. The van der Waals surface area contributed by atoms with Crippen LogP contribution in [0.1, 0.15) is 42.3 Å². The lowest BCUT2D eigenvalue weighted by Gasteiger charge is -2.28. The number of ether oxygens (including phenoxy) is 1. The molecule has 2 heterocycles. The van der Waals surface area contributed by atoms with E-state index in [1.165, 1.54) is 0 Å². The predicted molar refractivity (Wildman–Crippen MR) is 104 cm³/mol. The van der Waals surface area contributed by atoms with Crippen molar-refractivity contribution in [3.05, 3.63) is 71.6 Å². The first-order chi connectivity index (χ1) is 12.8. The molecule has 1 aliphatic heterocycles. The highest BCUT2D eigenvalue weighted by molar-refractivity contribution is 6.01. The highest BCUT2D eigenvalue weighted by Crippen LogP contribution is 2.29. The number of benzene rings is 1. The topological polar surface area (TPSA) is 59.5 Å². The highest BCUT2D eigenvalue weighted by Gasteiger charge is 2.30. The van der Waals surface area contributed by atoms with Crippen LogP contribution < -0.4 is 0 Å². The molecule has 5 nitrogen and oxygen atoms in total. The van der Waals surface area contributed by atoms with Gasteiger partial charge >= 0.3 is 5.97 Å². The first kappa shape index (κ1) is 18.8. The largest absolute Gasteiger partial charge is 0.460 e. The Morgan fingerprint density at radius 2 is 1.89 bits per heavy atom. The maximum absolute atomic E-state index is 13.0. The lowest BCUT2D eigenvalue weighted by Crippen LogP contribution is -2.33. The summed E-state index contributed by atoms with van der Waals surface area (Å²) in [6.45, 7) is 5.55. The van der Waals surface area contributed by atoms with E-state index in [0.717, 1.165) is 11.1 Å². The van der Waals surface area contributed by atoms with Crippen LogP contribution in [0.4, 0.5) is 0 Å². The molecule has 1 aliphatic rings. The molecule has 0 aliphatic carbocycles. The predicted octanol–water partition coefficient (Wildman–Crippen LogP) is 3.71. The molecule has 2 aromatic rings. The summed E-state index contributed by atoms with van der Waals surface area (Å²) in [5.41, 5.74) is 2.28. The molecule has 0 fully saturated rings. The maximum Gasteiger partial charge on any atom is 0.313 e. The van der Waals surface area contributed by atoms with Gasteiger partial charge in [-0.25, -0.2) is 0 Å². The van der Waals surface area contributed by atoms with Crippen molar-refractivity contribution in [1.29, 1.82) is 0 Å². The molecule has 3 rings (SSSR count). The molecular weight excluding hydrogens is 340 g/mol. The van der Waals surface area contributed by atoms with Crippen molar-refractivity contribution < 1.29 is 14.3 Å². The van der Waals surface area contributed by atoms with Crippen molar-refractivity contribution in [2.45, 2.75) is 32.8 Å². The summed E-state index contributed by atoms with van der Waals surface area (Å²) in [7, 11) is 1.72. The summed E-state index contributed by atoms with van der Waals surface area (Å²) in [5.74, 6) is -0.951. The molecule has 0 saturated carbocycles. The number of hydrogen-bond acceptors (Lipinski definition) is 4. The third-order valence-corrected chi connectivity index (χ3v) is 4.39. The molecular formula is C22H24N2O3. The molecule has 1 aromatic heterocycles. The summed E-state index contributed by atoms with van der Waals surface area (Å²) in [4.78, 5) is 31.5. The molecule has 27 heavy (non-hydrogen) atoms. The zero-order valence-electron chi connectivity index (χ0n) is 16.1. The molecule has 1 atom stereocenters. The average molecular weight is 364 g/mol. The average Bonchev–Trinajstić information content (AvgIpc) is 2.62. The molecule has 0 N–H and O–H groups in total. The molecule has 0 bridgehead atoms. The number of nitrogens with zero attached hydrogens (tertiary/aromatic N) is 2. The number of amides is 1. The molecule has 0 radical (unpaired) electrons. The zero-order valence-corrected chi connectivity index (χ0v) is 16.1. The van der Waals surface area contributed by atoms with Gasteiger partial charge in [-0.15, -0.1) is 0 Å². The van der Waals surface area contributed by atoms with E-state index in [9.17, 15) is 9.59 Å². The van der Waals surface area contributed by atoms with E-state index in [1.54, 1.807) is 30.4 Å². The second-order valence-corrected chi connectivity index (χ2v) is 7.66. The number of fused-ring (bicyclic) bond motifs is 1. The van der Waals surface area contributed by atoms with Crippen molar-refractivity contribution in [3.63, 3.8) is 0 Å². The van der Waals surface area contributed by atoms with Crippen molar-refractivity contribution in [2.75, 3.05) is 7.05 Å². The van der Waals surface area contributed by atoms with Crippen molar-refractivity contribution in [1.82, 2.24) is 9.88 Å². The number of aromatic nitrogens is 1. The maximum atomic E-state index is 13.0. The normalized spacial score (nSPS) is 19.4. The van der Waals surface area contributed by atoms with Gasteiger partial charge in [-0.05, 0) is 50.5 Å². The minimum absolute atomic E-state index is 0.143. The van der Waals surface area contributed by atoms with Gasteiger partial charge in [0.2, 0.25) is 0 Å². The van der Waals surface area contributed by atoms with Gasteiger partial charge in [0, 0.05) is 25.1 Å². The van der Waals surface area contributed by atoms with Crippen LogP contribution in [0.15, 0.2) is 54.9 Å². The summed E-state index contributed by atoms with van der Waals surface area (Å²) < 4.78 is 5.63. The van der Waals surface area contributed by atoms with E-state index >= 15 is 0 Å². The van der Waals surface area contributed by atoms with Gasteiger partial charge in [-0.1, -0.05) is 30.3 Å². The lowest BCUT2D eigenvalue weighted by atomic mass is 9.91. The SMILES string of the molecule is CN1C(=O)c2cnccc2CC(C(=O)OC(C)(C)C)/C=C\1c1ccccc1. The fourth-order valence-electron chi connectivity index (χ4n) is 3.11. The van der Waals surface area contributed by atoms with Crippen molar-refractivity contribution in [2.24, 2.45) is 5.92 Å². The summed E-state index contributed by atoms with van der Waals surface area (Å²) in [6.07, 6.45) is 5.43. The Labute approximate surface area is 159 Å². The monoisotopic (exact) mass is 364 g/mol. The quantitative estimate of drug-likeness (QED) is 0.762. The fourth-order valence-corrected chi connectivity index (χ4v) is 3.11. The minimum atomic E-state index is -0.580. The standard InChI is InChI=1S/C22H24N2O3/c1-22(2,3)27-21(26)17-12-16-10-11-23-14-18(16)20(25)24(4)19(13-17)15-8-6-5-7-9-15/h5-11,13-14,17H,12H2,1-4H3/b19-13-. The van der Waals surface area contributed by atoms with Crippen LogP contribution in [0, 0.1) is 5.92 Å². The van der Waals surface area contributed by atoms with Crippen LogP contribution in [0.5, 0.6) is 0 Å². The third kappa shape index (κ3) is 4.25. The Kier molecular flexibility index (Phi) is 5.13.